The number of aliphatic hydroxyl groups excluding tert-OH is 1. The third kappa shape index (κ3) is 4.27. The highest BCUT2D eigenvalue weighted by Crippen LogP contribution is 2.37. The minimum absolute atomic E-state index is 0.143. The van der Waals surface area contributed by atoms with Gasteiger partial charge in [-0.15, -0.1) is 0 Å². The summed E-state index contributed by atoms with van der Waals surface area (Å²) in [6.07, 6.45) is 2.71. The fraction of sp³-hybridized carbons (Fsp3) is 0.480. The first-order valence-corrected chi connectivity index (χ1v) is 11.5. The van der Waals surface area contributed by atoms with Crippen molar-refractivity contribution in [2.75, 3.05) is 13.1 Å². The van der Waals surface area contributed by atoms with Gasteiger partial charge in [-0.1, -0.05) is 25.1 Å². The number of pyridine rings is 1. The number of carbonyl (C=O) groups excluding carboxylic acids is 1. The number of benzene rings is 1. The molecular formula is C25H30N4O3. The van der Waals surface area contributed by atoms with Crippen molar-refractivity contribution in [2.24, 2.45) is 11.8 Å². The maximum atomic E-state index is 12.9. The predicted molar refractivity (Wildman–Crippen MR) is 121 cm³/mol. The molecule has 2 aliphatic rings. The van der Waals surface area contributed by atoms with Crippen molar-refractivity contribution in [1.82, 2.24) is 20.4 Å². The van der Waals surface area contributed by atoms with Crippen molar-refractivity contribution in [3.63, 3.8) is 0 Å². The SMILES string of the molecule is CC(C)c1cc(CN2C[C@H]3C[C@H](O)[C@@H](NC(=O)c4ccc5ncccc5c4)C[C@H]3C2)on1. The van der Waals surface area contributed by atoms with Gasteiger partial charge in [0.15, 0.2) is 5.76 Å². The molecule has 4 atom stereocenters. The quantitative estimate of drug-likeness (QED) is 0.640. The van der Waals surface area contributed by atoms with Crippen LogP contribution in [-0.2, 0) is 6.54 Å². The molecule has 2 N–H and O–H groups in total. The van der Waals surface area contributed by atoms with E-state index in [2.05, 4.69) is 34.2 Å². The number of amides is 1. The average Bonchev–Trinajstić information content (AvgIpc) is 3.40. The molecule has 2 aromatic heterocycles. The Labute approximate surface area is 187 Å². The molecule has 7 nitrogen and oxygen atoms in total. The summed E-state index contributed by atoms with van der Waals surface area (Å²) in [5, 5.41) is 18.9. The summed E-state index contributed by atoms with van der Waals surface area (Å²) in [5.74, 6) is 2.00. The van der Waals surface area contributed by atoms with Gasteiger partial charge in [-0.25, -0.2) is 0 Å². The number of likely N-dealkylation sites (tertiary alicyclic amines) is 1. The van der Waals surface area contributed by atoms with Crippen LogP contribution in [0.5, 0.6) is 0 Å². The average molecular weight is 435 g/mol. The lowest BCUT2D eigenvalue weighted by Gasteiger charge is -2.35. The van der Waals surface area contributed by atoms with Crippen LogP contribution in [0.15, 0.2) is 47.1 Å². The molecule has 1 saturated carbocycles. The van der Waals surface area contributed by atoms with E-state index in [9.17, 15) is 9.90 Å². The first-order valence-electron chi connectivity index (χ1n) is 11.5. The highest BCUT2D eigenvalue weighted by molar-refractivity contribution is 5.98. The molecule has 5 rings (SSSR count). The number of fused-ring (bicyclic) bond motifs is 2. The predicted octanol–water partition coefficient (Wildman–Crippen LogP) is 3.35. The minimum Gasteiger partial charge on any atom is -0.391 e. The summed E-state index contributed by atoms with van der Waals surface area (Å²) in [6, 6.07) is 11.1. The minimum atomic E-state index is -0.528. The maximum Gasteiger partial charge on any atom is 0.251 e. The Bertz CT molecular complexity index is 1110. The van der Waals surface area contributed by atoms with Gasteiger partial charge in [-0.2, -0.15) is 0 Å². The van der Waals surface area contributed by atoms with Crippen LogP contribution in [0.3, 0.4) is 0 Å². The first-order chi connectivity index (χ1) is 15.5. The Balaban J connectivity index is 1.21. The number of hydrogen-bond donors (Lipinski definition) is 2. The van der Waals surface area contributed by atoms with Crippen LogP contribution in [0.4, 0.5) is 0 Å². The van der Waals surface area contributed by atoms with Crippen LogP contribution in [0, 0.1) is 11.8 Å². The van der Waals surface area contributed by atoms with Gasteiger partial charge in [0.1, 0.15) is 0 Å². The third-order valence-corrected chi connectivity index (χ3v) is 6.95. The summed E-state index contributed by atoms with van der Waals surface area (Å²) in [4.78, 5) is 19.6. The Hall–Kier alpha value is -2.77. The Morgan fingerprint density at radius 2 is 2.03 bits per heavy atom. The molecule has 1 amide bonds. The van der Waals surface area contributed by atoms with Crippen molar-refractivity contribution in [2.45, 2.75) is 51.3 Å². The lowest BCUT2D eigenvalue weighted by Crippen LogP contribution is -2.49. The van der Waals surface area contributed by atoms with Gasteiger partial charge in [0.05, 0.1) is 29.9 Å². The van der Waals surface area contributed by atoms with Gasteiger partial charge in [-0.05, 0) is 54.9 Å². The first kappa shape index (κ1) is 21.1. The largest absolute Gasteiger partial charge is 0.391 e. The van der Waals surface area contributed by atoms with E-state index in [1.54, 1.807) is 12.3 Å². The molecule has 0 spiro atoms. The Morgan fingerprint density at radius 1 is 1.22 bits per heavy atom. The molecule has 3 aromatic rings. The maximum absolute atomic E-state index is 12.9. The second-order valence-corrected chi connectivity index (χ2v) is 9.62. The molecular weight excluding hydrogens is 404 g/mol. The molecule has 168 valence electrons. The van der Waals surface area contributed by atoms with Crippen LogP contribution in [0.1, 0.15) is 54.4 Å². The van der Waals surface area contributed by atoms with Crippen molar-refractivity contribution in [3.8, 4) is 0 Å². The molecule has 2 fully saturated rings. The fourth-order valence-electron chi connectivity index (χ4n) is 5.18. The standard InChI is InChI=1S/C25H30N4O3/c1-15(2)22-11-20(32-28-22)14-29-12-18-9-23(24(30)10-19(18)13-29)27-25(31)17-5-6-21-16(8-17)4-3-7-26-21/h3-8,11,15,18-19,23-24,30H,9-10,12-14H2,1-2H3,(H,27,31)/t18-,19+,23-,24-/m0/s1. The van der Waals surface area contributed by atoms with E-state index < -0.39 is 6.10 Å². The van der Waals surface area contributed by atoms with Gasteiger partial charge in [0.2, 0.25) is 0 Å². The van der Waals surface area contributed by atoms with E-state index in [1.165, 1.54) is 0 Å². The van der Waals surface area contributed by atoms with Crippen LogP contribution < -0.4 is 5.32 Å². The molecule has 1 aliphatic heterocycles. The van der Waals surface area contributed by atoms with Gasteiger partial charge in [0.25, 0.3) is 5.91 Å². The lowest BCUT2D eigenvalue weighted by molar-refractivity contribution is 0.0461. The number of nitrogens with one attached hydrogen (secondary N) is 1. The smallest absolute Gasteiger partial charge is 0.251 e. The summed E-state index contributed by atoms with van der Waals surface area (Å²) in [5.41, 5.74) is 2.45. The molecule has 32 heavy (non-hydrogen) atoms. The van der Waals surface area contributed by atoms with Crippen molar-refractivity contribution < 1.29 is 14.4 Å². The highest BCUT2D eigenvalue weighted by Gasteiger charge is 2.42. The Kier molecular flexibility index (Phi) is 5.69. The number of rotatable bonds is 5. The summed E-state index contributed by atoms with van der Waals surface area (Å²) >= 11 is 0. The van der Waals surface area contributed by atoms with Gasteiger partial charge < -0.3 is 14.9 Å². The summed E-state index contributed by atoms with van der Waals surface area (Å²) < 4.78 is 5.51. The van der Waals surface area contributed by atoms with E-state index in [1.807, 2.05) is 30.3 Å². The second-order valence-electron chi connectivity index (χ2n) is 9.62. The topological polar surface area (TPSA) is 91.5 Å². The normalized spacial score (nSPS) is 25.9. The highest BCUT2D eigenvalue weighted by atomic mass is 16.5. The fourth-order valence-corrected chi connectivity index (χ4v) is 5.18. The lowest BCUT2D eigenvalue weighted by atomic mass is 9.77. The molecule has 7 heteroatoms. The monoisotopic (exact) mass is 434 g/mol. The molecule has 0 unspecified atom stereocenters. The van der Waals surface area contributed by atoms with E-state index in [0.29, 0.717) is 29.7 Å². The van der Waals surface area contributed by atoms with E-state index in [0.717, 1.165) is 48.4 Å². The van der Waals surface area contributed by atoms with Crippen molar-refractivity contribution in [3.05, 3.63) is 59.6 Å². The number of hydrogen-bond acceptors (Lipinski definition) is 6. The van der Waals surface area contributed by atoms with Crippen LogP contribution >= 0.6 is 0 Å². The second kappa shape index (κ2) is 8.64. The number of nitrogens with zero attached hydrogens (tertiary/aromatic N) is 3. The molecule has 1 saturated heterocycles. The molecule has 1 aromatic carbocycles. The Morgan fingerprint density at radius 3 is 2.81 bits per heavy atom. The molecule has 0 radical (unpaired) electrons. The van der Waals surface area contributed by atoms with Crippen LogP contribution in [-0.4, -0.2) is 51.3 Å². The van der Waals surface area contributed by atoms with Gasteiger partial charge in [-0.3, -0.25) is 14.7 Å². The van der Waals surface area contributed by atoms with Gasteiger partial charge >= 0.3 is 0 Å². The van der Waals surface area contributed by atoms with Crippen LogP contribution in [0.25, 0.3) is 10.9 Å². The van der Waals surface area contributed by atoms with Gasteiger partial charge in [0, 0.05) is 36.3 Å². The zero-order chi connectivity index (χ0) is 22.2. The summed E-state index contributed by atoms with van der Waals surface area (Å²) in [6.45, 7) is 6.85. The molecule has 1 aliphatic carbocycles. The van der Waals surface area contributed by atoms with Crippen molar-refractivity contribution in [1.29, 1.82) is 0 Å². The summed E-state index contributed by atoms with van der Waals surface area (Å²) in [7, 11) is 0. The third-order valence-electron chi connectivity index (χ3n) is 6.95. The zero-order valence-electron chi connectivity index (χ0n) is 18.6. The van der Waals surface area contributed by atoms with E-state index in [4.69, 9.17) is 4.52 Å². The molecule has 3 heterocycles. The van der Waals surface area contributed by atoms with E-state index >= 15 is 0 Å². The molecule has 0 bridgehead atoms. The zero-order valence-corrected chi connectivity index (χ0v) is 18.6. The van der Waals surface area contributed by atoms with Crippen molar-refractivity contribution >= 4 is 16.8 Å². The number of aromatic nitrogens is 2. The number of aliphatic hydroxyl groups is 1. The number of carbonyl (C=O) groups is 1. The van der Waals surface area contributed by atoms with Crippen LogP contribution in [0.2, 0.25) is 0 Å². The van der Waals surface area contributed by atoms with E-state index in [-0.39, 0.29) is 11.9 Å².